The molecule has 0 radical (unpaired) electrons. The first-order chi connectivity index (χ1) is 14.6. The van der Waals surface area contributed by atoms with E-state index in [1.54, 1.807) is 13.1 Å². The number of nitrogens with one attached hydrogen (secondary N) is 2. The number of rotatable bonds is 8. The fraction of sp³-hybridized carbons (Fsp3) is 0.550. The number of ether oxygens (including phenoxy) is 1. The Kier molecular flexibility index (Phi) is 8.24. The monoisotopic (exact) mass is 440 g/mol. The van der Waals surface area contributed by atoms with E-state index in [0.717, 1.165) is 37.5 Å². The average molecular weight is 441 g/mol. The van der Waals surface area contributed by atoms with Crippen LogP contribution in [0, 0.1) is 0 Å². The molecular weight excluding hydrogens is 414 g/mol. The second-order valence-corrected chi connectivity index (χ2v) is 7.52. The van der Waals surface area contributed by atoms with Gasteiger partial charge in [-0.3, -0.25) is 4.99 Å². The maximum absolute atomic E-state index is 12.6. The molecule has 2 N–H and O–H groups in total. The second-order valence-electron chi connectivity index (χ2n) is 7.08. The van der Waals surface area contributed by atoms with E-state index >= 15 is 0 Å². The first-order valence-electron chi connectivity index (χ1n) is 10.2. The summed E-state index contributed by atoms with van der Waals surface area (Å²) in [4.78, 5) is 4.17. The molecule has 1 aliphatic heterocycles. The smallest absolute Gasteiger partial charge is 0.387 e. The number of aromatic nitrogens is 3. The summed E-state index contributed by atoms with van der Waals surface area (Å²) >= 11 is 5.98. The molecule has 3 rings (SSSR count). The number of aliphatic imine (C=N–C) groups is 1. The van der Waals surface area contributed by atoms with Crippen LogP contribution in [0.25, 0.3) is 0 Å². The Morgan fingerprint density at radius 3 is 2.93 bits per heavy atom. The number of hydrogen-bond donors (Lipinski definition) is 2. The summed E-state index contributed by atoms with van der Waals surface area (Å²) in [5, 5.41) is 15.4. The van der Waals surface area contributed by atoms with E-state index in [4.69, 9.17) is 11.6 Å². The van der Waals surface area contributed by atoms with Gasteiger partial charge in [0.1, 0.15) is 17.4 Å². The summed E-state index contributed by atoms with van der Waals surface area (Å²) in [6.07, 6.45) is 6.30. The Morgan fingerprint density at radius 2 is 2.13 bits per heavy atom. The van der Waals surface area contributed by atoms with E-state index in [2.05, 4.69) is 35.1 Å². The highest BCUT2D eigenvalue weighted by Crippen LogP contribution is 2.24. The highest BCUT2D eigenvalue weighted by molar-refractivity contribution is 6.30. The molecule has 0 unspecified atom stereocenters. The third kappa shape index (κ3) is 6.29. The van der Waals surface area contributed by atoms with Crippen LogP contribution < -0.4 is 15.4 Å². The first kappa shape index (κ1) is 22.3. The molecular formula is C20H27ClF2N6O. The van der Waals surface area contributed by atoms with Gasteiger partial charge in [0.25, 0.3) is 0 Å². The van der Waals surface area contributed by atoms with E-state index in [0.29, 0.717) is 23.1 Å². The molecule has 0 aliphatic carbocycles. The number of hydrogen-bond acceptors (Lipinski definition) is 4. The maximum Gasteiger partial charge on any atom is 0.387 e. The lowest BCUT2D eigenvalue weighted by molar-refractivity contribution is -0.0504. The Hall–Kier alpha value is -2.42. The zero-order valence-electron chi connectivity index (χ0n) is 17.0. The average Bonchev–Trinajstić information content (AvgIpc) is 2.94. The van der Waals surface area contributed by atoms with Gasteiger partial charge in [-0.1, -0.05) is 18.0 Å². The van der Waals surface area contributed by atoms with Gasteiger partial charge in [-0.15, -0.1) is 10.2 Å². The molecule has 2 heterocycles. The van der Waals surface area contributed by atoms with E-state index in [-0.39, 0.29) is 12.3 Å². The third-order valence-corrected chi connectivity index (χ3v) is 5.20. The van der Waals surface area contributed by atoms with Crippen molar-refractivity contribution in [3.8, 4) is 5.75 Å². The fourth-order valence-corrected chi connectivity index (χ4v) is 3.67. The van der Waals surface area contributed by atoms with Crippen LogP contribution in [0.15, 0.2) is 23.2 Å². The Labute approximate surface area is 179 Å². The molecule has 1 aromatic carbocycles. The summed E-state index contributed by atoms with van der Waals surface area (Å²) in [5.74, 6) is 2.78. The van der Waals surface area contributed by atoms with Gasteiger partial charge in [-0.25, -0.2) is 0 Å². The normalized spacial score (nSPS) is 14.4. The van der Waals surface area contributed by atoms with Crippen molar-refractivity contribution in [2.24, 2.45) is 4.99 Å². The van der Waals surface area contributed by atoms with E-state index in [9.17, 15) is 8.78 Å². The molecule has 0 amide bonds. The molecule has 10 heteroatoms. The predicted octanol–water partition coefficient (Wildman–Crippen LogP) is 3.56. The minimum absolute atomic E-state index is 0.0878. The summed E-state index contributed by atoms with van der Waals surface area (Å²) in [7, 11) is 1.66. The van der Waals surface area contributed by atoms with Crippen molar-refractivity contribution in [1.29, 1.82) is 0 Å². The van der Waals surface area contributed by atoms with Crippen molar-refractivity contribution >= 4 is 17.6 Å². The fourth-order valence-electron chi connectivity index (χ4n) is 3.48. The minimum Gasteiger partial charge on any atom is -0.434 e. The van der Waals surface area contributed by atoms with Gasteiger partial charge in [0.05, 0.1) is 0 Å². The Morgan fingerprint density at radius 1 is 1.27 bits per heavy atom. The van der Waals surface area contributed by atoms with Crippen LogP contribution in [0.4, 0.5) is 8.78 Å². The SMILES string of the molecule is CN=C(NCCCc1nnc2n1CCCCC2)NCc1cc(Cl)ccc1OC(F)F. The Bertz CT molecular complexity index is 858. The van der Waals surface area contributed by atoms with Crippen LogP contribution in [0.2, 0.25) is 5.02 Å². The molecule has 1 aromatic heterocycles. The molecule has 164 valence electrons. The standard InChI is InChI=1S/C20H27ClF2N6O/c1-24-20(26-13-14-12-15(21)8-9-16(14)30-19(22)23)25-10-5-7-18-28-27-17-6-3-2-4-11-29(17)18/h8-9,12,19H,2-7,10-11,13H2,1H3,(H2,24,25,26). The summed E-state index contributed by atoms with van der Waals surface area (Å²) in [5.41, 5.74) is 0.525. The summed E-state index contributed by atoms with van der Waals surface area (Å²) in [6, 6.07) is 4.54. The van der Waals surface area contributed by atoms with Crippen molar-refractivity contribution in [2.45, 2.75) is 58.2 Å². The number of fused-ring (bicyclic) bond motifs is 1. The zero-order chi connectivity index (χ0) is 21.3. The maximum atomic E-state index is 12.6. The minimum atomic E-state index is -2.89. The highest BCUT2D eigenvalue weighted by atomic mass is 35.5. The van der Waals surface area contributed by atoms with Crippen molar-refractivity contribution in [1.82, 2.24) is 25.4 Å². The van der Waals surface area contributed by atoms with Crippen LogP contribution in [-0.4, -0.2) is 40.9 Å². The molecule has 0 saturated carbocycles. The molecule has 1 aliphatic rings. The van der Waals surface area contributed by atoms with Crippen molar-refractivity contribution < 1.29 is 13.5 Å². The molecule has 7 nitrogen and oxygen atoms in total. The van der Waals surface area contributed by atoms with Crippen LogP contribution in [-0.2, 0) is 25.9 Å². The highest BCUT2D eigenvalue weighted by Gasteiger charge is 2.14. The Balaban J connectivity index is 1.47. The van der Waals surface area contributed by atoms with Crippen molar-refractivity contribution in [3.05, 3.63) is 40.4 Å². The van der Waals surface area contributed by atoms with Crippen LogP contribution in [0.5, 0.6) is 5.75 Å². The van der Waals surface area contributed by atoms with Gasteiger partial charge >= 0.3 is 6.61 Å². The van der Waals surface area contributed by atoms with E-state index in [1.165, 1.54) is 31.4 Å². The zero-order valence-corrected chi connectivity index (χ0v) is 17.8. The van der Waals surface area contributed by atoms with Crippen molar-refractivity contribution in [3.63, 3.8) is 0 Å². The topological polar surface area (TPSA) is 76.4 Å². The lowest BCUT2D eigenvalue weighted by Gasteiger charge is -2.15. The van der Waals surface area contributed by atoms with Crippen LogP contribution in [0.1, 0.15) is 42.9 Å². The number of nitrogens with zero attached hydrogens (tertiary/aromatic N) is 4. The third-order valence-electron chi connectivity index (χ3n) is 4.96. The molecule has 0 atom stereocenters. The van der Waals surface area contributed by atoms with Crippen LogP contribution >= 0.6 is 11.6 Å². The molecule has 0 bridgehead atoms. The van der Waals surface area contributed by atoms with Gasteiger partial charge in [0, 0.05) is 50.1 Å². The second kappa shape index (κ2) is 11.1. The number of halogens is 3. The lowest BCUT2D eigenvalue weighted by atomic mass is 10.2. The number of aryl methyl sites for hydroxylation is 2. The molecule has 0 fully saturated rings. The van der Waals surface area contributed by atoms with Gasteiger partial charge in [-0.2, -0.15) is 8.78 Å². The molecule has 2 aromatic rings. The predicted molar refractivity (Wildman–Crippen MR) is 112 cm³/mol. The van der Waals surface area contributed by atoms with E-state index < -0.39 is 6.61 Å². The van der Waals surface area contributed by atoms with Gasteiger partial charge in [-0.05, 0) is 37.5 Å². The largest absolute Gasteiger partial charge is 0.434 e. The van der Waals surface area contributed by atoms with Crippen molar-refractivity contribution in [2.75, 3.05) is 13.6 Å². The number of guanidine groups is 1. The lowest BCUT2D eigenvalue weighted by Crippen LogP contribution is -2.37. The first-order valence-corrected chi connectivity index (χ1v) is 10.5. The molecule has 30 heavy (non-hydrogen) atoms. The molecule has 0 saturated heterocycles. The number of alkyl halides is 2. The van der Waals surface area contributed by atoms with Gasteiger partial charge < -0.3 is 19.9 Å². The van der Waals surface area contributed by atoms with Gasteiger partial charge in [0.2, 0.25) is 0 Å². The van der Waals surface area contributed by atoms with Gasteiger partial charge in [0.15, 0.2) is 5.96 Å². The van der Waals surface area contributed by atoms with E-state index in [1.807, 2.05) is 0 Å². The van der Waals surface area contributed by atoms with Crippen LogP contribution in [0.3, 0.4) is 0 Å². The number of benzene rings is 1. The summed E-state index contributed by atoms with van der Waals surface area (Å²) in [6.45, 7) is -0.955. The molecule has 0 spiro atoms. The summed E-state index contributed by atoms with van der Waals surface area (Å²) < 4.78 is 32.0. The quantitative estimate of drug-likeness (QED) is 0.373.